The molecule has 0 aromatic heterocycles. The largest absolute Gasteiger partial charge is 0.494 e. The first-order valence-electron chi connectivity index (χ1n) is 9.10. The number of benzene rings is 2. The lowest BCUT2D eigenvalue weighted by Gasteiger charge is -2.34. The number of rotatable bonds is 5. The predicted octanol–water partition coefficient (Wildman–Crippen LogP) is 5.24. The Morgan fingerprint density at radius 3 is 2.46 bits per heavy atom. The van der Waals surface area contributed by atoms with E-state index >= 15 is 0 Å². The maximum atomic E-state index is 10.4. The predicted molar refractivity (Wildman–Crippen MR) is 105 cm³/mol. The Hall–Kier alpha value is -2.93. The zero-order valence-corrected chi connectivity index (χ0v) is 15.6. The molecule has 0 bridgehead atoms. The highest BCUT2D eigenvalue weighted by Crippen LogP contribution is 2.35. The minimum absolute atomic E-state index is 0.178. The molecule has 4 nitrogen and oxygen atoms in total. The zero-order valence-electron chi connectivity index (χ0n) is 15.6. The van der Waals surface area contributed by atoms with Gasteiger partial charge in [0.05, 0.1) is 23.4 Å². The van der Waals surface area contributed by atoms with Crippen molar-refractivity contribution in [1.29, 1.82) is 5.26 Å². The molecule has 1 atom stereocenters. The first-order chi connectivity index (χ1) is 12.6. The van der Waals surface area contributed by atoms with Crippen molar-refractivity contribution in [3.8, 4) is 17.2 Å². The lowest BCUT2D eigenvalue weighted by atomic mass is 9.99. The quantitative estimate of drug-likeness (QED) is 0.803. The molecule has 0 amide bonds. The molecule has 4 heteroatoms. The van der Waals surface area contributed by atoms with E-state index < -0.39 is 0 Å². The third kappa shape index (κ3) is 3.13. The summed E-state index contributed by atoms with van der Waals surface area (Å²) in [6, 6.07) is 18.3. The lowest BCUT2D eigenvalue weighted by molar-refractivity contribution is 0.234. The molecule has 134 valence electrons. The van der Waals surface area contributed by atoms with Crippen molar-refractivity contribution in [3.05, 3.63) is 65.6 Å². The van der Waals surface area contributed by atoms with Crippen LogP contribution in [0.4, 0.5) is 5.69 Å². The number of hydrazine groups is 1. The van der Waals surface area contributed by atoms with Gasteiger partial charge in [-0.1, -0.05) is 50.1 Å². The van der Waals surface area contributed by atoms with Crippen LogP contribution in [0.15, 0.2) is 60.0 Å². The molecule has 2 aromatic carbocycles. The van der Waals surface area contributed by atoms with Crippen molar-refractivity contribution in [2.24, 2.45) is 0 Å². The molecule has 1 unspecified atom stereocenters. The van der Waals surface area contributed by atoms with Crippen LogP contribution in [0.1, 0.15) is 38.7 Å². The van der Waals surface area contributed by atoms with Crippen molar-refractivity contribution >= 4 is 5.69 Å². The second kappa shape index (κ2) is 7.53. The van der Waals surface area contributed by atoms with E-state index in [9.17, 15) is 10.4 Å². The van der Waals surface area contributed by atoms with Gasteiger partial charge in [-0.15, -0.1) is 0 Å². The monoisotopic (exact) mass is 347 g/mol. The Balaban J connectivity index is 1.91. The van der Waals surface area contributed by atoms with Crippen molar-refractivity contribution in [1.82, 2.24) is 5.01 Å². The van der Waals surface area contributed by atoms with Gasteiger partial charge in [-0.3, -0.25) is 10.0 Å². The Kier molecular flexibility index (Phi) is 5.18. The van der Waals surface area contributed by atoms with Crippen molar-refractivity contribution < 1.29 is 5.11 Å². The lowest BCUT2D eigenvalue weighted by Crippen LogP contribution is -2.40. The van der Waals surface area contributed by atoms with Crippen LogP contribution >= 0.6 is 0 Å². The van der Waals surface area contributed by atoms with Crippen LogP contribution in [-0.4, -0.2) is 23.2 Å². The van der Waals surface area contributed by atoms with Gasteiger partial charge in [-0.25, -0.2) is 0 Å². The second-order valence-corrected chi connectivity index (χ2v) is 6.74. The maximum Gasteiger partial charge on any atom is 0.206 e. The van der Waals surface area contributed by atoms with E-state index in [0.717, 1.165) is 41.6 Å². The molecule has 26 heavy (non-hydrogen) atoms. The molecule has 1 aliphatic heterocycles. The number of aliphatic hydroxyl groups excluding tert-OH is 1. The molecule has 3 rings (SSSR count). The van der Waals surface area contributed by atoms with E-state index in [2.05, 4.69) is 30.1 Å². The molecule has 1 heterocycles. The van der Waals surface area contributed by atoms with Crippen LogP contribution in [0, 0.1) is 11.3 Å². The van der Waals surface area contributed by atoms with E-state index in [4.69, 9.17) is 0 Å². The molecular formula is C22H25N3O. The van der Waals surface area contributed by atoms with Gasteiger partial charge >= 0.3 is 0 Å². The molecule has 1 aliphatic rings. The smallest absolute Gasteiger partial charge is 0.206 e. The summed E-state index contributed by atoms with van der Waals surface area (Å²) < 4.78 is 0. The van der Waals surface area contributed by atoms with Crippen LogP contribution in [0.2, 0.25) is 0 Å². The van der Waals surface area contributed by atoms with Crippen molar-refractivity contribution in [2.75, 3.05) is 12.1 Å². The summed E-state index contributed by atoms with van der Waals surface area (Å²) in [5.41, 5.74) is 4.69. The highest BCUT2D eigenvalue weighted by molar-refractivity contribution is 5.72. The zero-order chi connectivity index (χ0) is 18.7. The van der Waals surface area contributed by atoms with Crippen LogP contribution < -0.4 is 5.01 Å². The third-order valence-corrected chi connectivity index (χ3v) is 5.10. The standard InChI is InChI=1S/C22H25N3O/c1-4-5-10-21-16(2)22(26)24(3)25(21)19-13-11-17(12-14-19)20-9-7-6-8-18(20)15-23/h6-9,11-14,21,26H,4-5,10H2,1-3H3. The van der Waals surface area contributed by atoms with Gasteiger partial charge in [0.25, 0.3) is 0 Å². The van der Waals surface area contributed by atoms with Gasteiger partial charge in [0.2, 0.25) is 5.88 Å². The summed E-state index contributed by atoms with van der Waals surface area (Å²) in [7, 11) is 1.89. The summed E-state index contributed by atoms with van der Waals surface area (Å²) in [4.78, 5) is 0. The minimum Gasteiger partial charge on any atom is -0.494 e. The molecular weight excluding hydrogens is 322 g/mol. The average molecular weight is 347 g/mol. The molecule has 0 radical (unpaired) electrons. The number of nitrogens with zero attached hydrogens (tertiary/aromatic N) is 3. The Morgan fingerprint density at radius 1 is 1.12 bits per heavy atom. The SMILES string of the molecule is CCCCC1C(C)=C(O)N(C)N1c1ccc(-c2ccccc2C#N)cc1. The molecule has 0 saturated heterocycles. The van der Waals surface area contributed by atoms with E-state index in [0.29, 0.717) is 11.4 Å². The van der Waals surface area contributed by atoms with E-state index in [1.165, 1.54) is 0 Å². The van der Waals surface area contributed by atoms with Gasteiger partial charge in [0.1, 0.15) is 0 Å². The minimum atomic E-state index is 0.178. The normalized spacial score (nSPS) is 16.9. The Bertz CT molecular complexity index is 848. The van der Waals surface area contributed by atoms with Crippen LogP contribution in [0.3, 0.4) is 0 Å². The molecule has 1 N–H and O–H groups in total. The number of unbranched alkanes of at least 4 members (excludes halogenated alkanes) is 1. The van der Waals surface area contributed by atoms with Gasteiger partial charge in [0.15, 0.2) is 0 Å². The topological polar surface area (TPSA) is 50.5 Å². The third-order valence-electron chi connectivity index (χ3n) is 5.10. The fraction of sp³-hybridized carbons (Fsp3) is 0.318. The first kappa shape index (κ1) is 17.9. The number of hydrogen-bond acceptors (Lipinski definition) is 4. The highest BCUT2D eigenvalue weighted by Gasteiger charge is 2.34. The van der Waals surface area contributed by atoms with Gasteiger partial charge in [-0.2, -0.15) is 5.26 Å². The molecule has 0 saturated carbocycles. The Labute approximate surface area is 155 Å². The number of anilines is 1. The summed E-state index contributed by atoms with van der Waals surface area (Å²) in [5, 5.41) is 23.7. The highest BCUT2D eigenvalue weighted by atomic mass is 16.3. The van der Waals surface area contributed by atoms with E-state index in [-0.39, 0.29) is 6.04 Å². The molecule has 0 spiro atoms. The van der Waals surface area contributed by atoms with Gasteiger partial charge in [-0.05, 0) is 42.7 Å². The summed E-state index contributed by atoms with van der Waals surface area (Å²) >= 11 is 0. The average Bonchev–Trinajstić information content (AvgIpc) is 2.90. The molecule has 0 fully saturated rings. The van der Waals surface area contributed by atoms with Crippen LogP contribution in [0.5, 0.6) is 0 Å². The summed E-state index contributed by atoms with van der Waals surface area (Å²) in [5.74, 6) is 0.338. The fourth-order valence-electron chi connectivity index (χ4n) is 3.61. The second-order valence-electron chi connectivity index (χ2n) is 6.74. The van der Waals surface area contributed by atoms with Gasteiger partial charge < -0.3 is 5.11 Å². The summed E-state index contributed by atoms with van der Waals surface area (Å²) in [6.45, 7) is 4.19. The number of hydrogen-bond donors (Lipinski definition) is 1. The number of nitriles is 1. The fourth-order valence-corrected chi connectivity index (χ4v) is 3.61. The molecule has 2 aromatic rings. The van der Waals surface area contributed by atoms with Gasteiger partial charge in [0, 0.05) is 12.6 Å². The van der Waals surface area contributed by atoms with Crippen molar-refractivity contribution in [3.63, 3.8) is 0 Å². The number of aliphatic hydroxyl groups is 1. The van der Waals surface area contributed by atoms with Crippen LogP contribution in [0.25, 0.3) is 11.1 Å². The van der Waals surface area contributed by atoms with E-state index in [1.54, 1.807) is 0 Å². The van der Waals surface area contributed by atoms with Crippen LogP contribution in [-0.2, 0) is 0 Å². The Morgan fingerprint density at radius 2 is 1.81 bits per heavy atom. The first-order valence-corrected chi connectivity index (χ1v) is 9.10. The molecule has 0 aliphatic carbocycles. The van der Waals surface area contributed by atoms with Crippen molar-refractivity contribution in [2.45, 2.75) is 39.2 Å². The maximum absolute atomic E-state index is 10.4. The summed E-state index contributed by atoms with van der Waals surface area (Å²) in [6.07, 6.45) is 3.26. The van der Waals surface area contributed by atoms with E-state index in [1.807, 2.05) is 55.4 Å².